The maximum atomic E-state index is 12.6. The van der Waals surface area contributed by atoms with Gasteiger partial charge in [-0.05, 0) is 45.6 Å². The number of halogens is 1. The number of piperidine rings is 1. The van der Waals surface area contributed by atoms with Crippen molar-refractivity contribution in [3.05, 3.63) is 15.8 Å². The van der Waals surface area contributed by atoms with Gasteiger partial charge in [0.15, 0.2) is 0 Å². The topological polar surface area (TPSA) is 63.4 Å². The van der Waals surface area contributed by atoms with Gasteiger partial charge < -0.3 is 5.73 Å². The Balaban J connectivity index is 0.00000200. The smallest absolute Gasteiger partial charge is 0.244 e. The van der Waals surface area contributed by atoms with Gasteiger partial charge in [0, 0.05) is 28.9 Å². The molecule has 1 atom stereocenters. The maximum Gasteiger partial charge on any atom is 0.244 e. The molecule has 0 amide bonds. The number of aryl methyl sites for hydroxylation is 2. The summed E-state index contributed by atoms with van der Waals surface area (Å²) in [6, 6.07) is 1.93. The molecule has 1 aromatic rings. The highest BCUT2D eigenvalue weighted by Gasteiger charge is 2.32. The van der Waals surface area contributed by atoms with E-state index in [4.69, 9.17) is 5.73 Å². The Morgan fingerprint density at radius 3 is 2.30 bits per heavy atom. The molecular formula is C13H23ClN2O2S2. The van der Waals surface area contributed by atoms with Crippen LogP contribution < -0.4 is 5.73 Å². The van der Waals surface area contributed by atoms with E-state index in [0.717, 1.165) is 22.6 Å². The Bertz CT molecular complexity index is 547. The summed E-state index contributed by atoms with van der Waals surface area (Å²) in [7, 11) is -3.32. The highest BCUT2D eigenvalue weighted by molar-refractivity contribution is 7.89. The van der Waals surface area contributed by atoms with Crippen LogP contribution >= 0.6 is 23.7 Å². The van der Waals surface area contributed by atoms with Gasteiger partial charge in [-0.3, -0.25) is 0 Å². The number of sulfonamides is 1. The average Bonchev–Trinajstić information content (AvgIpc) is 2.69. The Labute approximate surface area is 131 Å². The molecule has 2 N–H and O–H groups in total. The van der Waals surface area contributed by atoms with E-state index in [1.165, 1.54) is 11.3 Å². The van der Waals surface area contributed by atoms with Crippen LogP contribution in [0.4, 0.5) is 0 Å². The van der Waals surface area contributed by atoms with E-state index in [-0.39, 0.29) is 18.4 Å². The van der Waals surface area contributed by atoms with Gasteiger partial charge in [0.1, 0.15) is 0 Å². The second-order valence-corrected chi connectivity index (χ2v) is 8.74. The van der Waals surface area contributed by atoms with Crippen molar-refractivity contribution in [2.75, 3.05) is 13.1 Å². The van der Waals surface area contributed by atoms with Crippen molar-refractivity contribution >= 4 is 33.8 Å². The van der Waals surface area contributed by atoms with E-state index < -0.39 is 10.0 Å². The molecule has 7 heteroatoms. The number of nitrogens with zero attached hydrogens (tertiary/aromatic N) is 1. The standard InChI is InChI=1S/C13H22N2O2S2.ClH/c1-9-8-13(11(3)18-9)19(16,17)15-6-4-12(5-7-15)10(2)14;/h8,10,12H,4-7,14H2,1-3H3;1H. The predicted octanol–water partition coefficient (Wildman–Crippen LogP) is 2.53. The molecule has 0 saturated carbocycles. The molecule has 20 heavy (non-hydrogen) atoms. The number of rotatable bonds is 3. The summed E-state index contributed by atoms with van der Waals surface area (Å²) in [4.78, 5) is 2.41. The molecule has 4 nitrogen and oxygen atoms in total. The van der Waals surface area contributed by atoms with Crippen molar-refractivity contribution in [3.63, 3.8) is 0 Å². The quantitative estimate of drug-likeness (QED) is 0.921. The van der Waals surface area contributed by atoms with Crippen molar-refractivity contribution < 1.29 is 8.42 Å². The summed E-state index contributed by atoms with van der Waals surface area (Å²) < 4.78 is 26.8. The second kappa shape index (κ2) is 6.75. The lowest BCUT2D eigenvalue weighted by Crippen LogP contribution is -2.42. The SMILES string of the molecule is Cc1cc(S(=O)(=O)N2CCC(C(C)N)CC2)c(C)s1.Cl. The summed E-state index contributed by atoms with van der Waals surface area (Å²) in [6.45, 7) is 6.99. The molecule has 1 fully saturated rings. The van der Waals surface area contributed by atoms with Crippen molar-refractivity contribution in [1.29, 1.82) is 0 Å². The first-order valence-corrected chi connectivity index (χ1v) is 8.91. The molecular weight excluding hydrogens is 316 g/mol. The fraction of sp³-hybridized carbons (Fsp3) is 0.692. The van der Waals surface area contributed by atoms with Gasteiger partial charge in [-0.1, -0.05) is 0 Å². The van der Waals surface area contributed by atoms with Gasteiger partial charge in [-0.15, -0.1) is 23.7 Å². The van der Waals surface area contributed by atoms with Crippen molar-refractivity contribution in [2.24, 2.45) is 11.7 Å². The molecule has 1 aromatic heterocycles. The van der Waals surface area contributed by atoms with Crippen molar-refractivity contribution in [1.82, 2.24) is 4.31 Å². The fourth-order valence-electron chi connectivity index (χ4n) is 2.64. The molecule has 1 unspecified atom stereocenters. The van der Waals surface area contributed by atoms with Crippen LogP contribution in [0.25, 0.3) is 0 Å². The number of nitrogens with two attached hydrogens (primary N) is 1. The number of thiophene rings is 1. The van der Waals surface area contributed by atoms with Crippen LogP contribution in [0.3, 0.4) is 0 Å². The Hall–Kier alpha value is -0.140. The zero-order chi connectivity index (χ0) is 14.2. The Morgan fingerprint density at radius 1 is 1.35 bits per heavy atom. The molecule has 0 bridgehead atoms. The first-order chi connectivity index (χ1) is 8.82. The molecule has 2 heterocycles. The average molecular weight is 339 g/mol. The van der Waals surface area contributed by atoms with Crippen molar-refractivity contribution in [2.45, 2.75) is 44.6 Å². The zero-order valence-electron chi connectivity index (χ0n) is 12.1. The van der Waals surface area contributed by atoms with Crippen LogP contribution in [-0.4, -0.2) is 31.9 Å². The van der Waals surface area contributed by atoms with Crippen LogP contribution in [0.15, 0.2) is 11.0 Å². The largest absolute Gasteiger partial charge is 0.328 e. The van der Waals surface area contributed by atoms with E-state index in [9.17, 15) is 8.42 Å². The highest BCUT2D eigenvalue weighted by Crippen LogP contribution is 2.30. The first-order valence-electron chi connectivity index (χ1n) is 6.65. The van der Waals surface area contributed by atoms with E-state index >= 15 is 0 Å². The zero-order valence-corrected chi connectivity index (χ0v) is 14.6. The molecule has 0 aromatic carbocycles. The monoisotopic (exact) mass is 338 g/mol. The van der Waals surface area contributed by atoms with Gasteiger partial charge in [0.25, 0.3) is 0 Å². The second-order valence-electron chi connectivity index (χ2n) is 5.38. The van der Waals surface area contributed by atoms with Gasteiger partial charge in [-0.2, -0.15) is 4.31 Å². The third-order valence-electron chi connectivity index (χ3n) is 3.86. The molecule has 1 saturated heterocycles. The number of hydrogen-bond donors (Lipinski definition) is 1. The summed E-state index contributed by atoms with van der Waals surface area (Å²) in [5, 5.41) is 0. The van der Waals surface area contributed by atoms with Gasteiger partial charge >= 0.3 is 0 Å². The van der Waals surface area contributed by atoms with Crippen molar-refractivity contribution in [3.8, 4) is 0 Å². The third-order valence-corrected chi connectivity index (χ3v) is 6.98. The minimum Gasteiger partial charge on any atom is -0.328 e. The minimum absolute atomic E-state index is 0. The molecule has 0 aliphatic carbocycles. The highest BCUT2D eigenvalue weighted by atomic mass is 35.5. The van der Waals surface area contributed by atoms with E-state index in [2.05, 4.69) is 0 Å². The lowest BCUT2D eigenvalue weighted by Gasteiger charge is -2.32. The summed E-state index contributed by atoms with van der Waals surface area (Å²) >= 11 is 1.54. The van der Waals surface area contributed by atoms with Gasteiger partial charge in [0.2, 0.25) is 10.0 Å². The molecule has 1 aliphatic rings. The molecule has 0 spiro atoms. The predicted molar refractivity (Wildman–Crippen MR) is 86.2 cm³/mol. The first kappa shape index (κ1) is 17.9. The summed E-state index contributed by atoms with van der Waals surface area (Å²) in [6.07, 6.45) is 1.72. The summed E-state index contributed by atoms with van der Waals surface area (Å²) in [5.41, 5.74) is 5.89. The van der Waals surface area contributed by atoms with E-state index in [1.807, 2.05) is 20.8 Å². The fourth-order valence-corrected chi connectivity index (χ4v) is 5.64. The van der Waals surface area contributed by atoms with Crippen LogP contribution in [0.5, 0.6) is 0 Å². The van der Waals surface area contributed by atoms with Crippen LogP contribution in [0, 0.1) is 19.8 Å². The van der Waals surface area contributed by atoms with E-state index in [1.54, 1.807) is 10.4 Å². The summed E-state index contributed by atoms with van der Waals surface area (Å²) in [5.74, 6) is 0.441. The van der Waals surface area contributed by atoms with Crippen LogP contribution in [-0.2, 0) is 10.0 Å². The molecule has 1 aliphatic heterocycles. The molecule has 116 valence electrons. The molecule has 2 rings (SSSR count). The van der Waals surface area contributed by atoms with Gasteiger partial charge in [-0.25, -0.2) is 8.42 Å². The van der Waals surface area contributed by atoms with Crippen LogP contribution in [0.2, 0.25) is 0 Å². The van der Waals surface area contributed by atoms with E-state index in [0.29, 0.717) is 23.9 Å². The van der Waals surface area contributed by atoms with Gasteiger partial charge in [0.05, 0.1) is 4.90 Å². The lowest BCUT2D eigenvalue weighted by molar-refractivity contribution is 0.250. The minimum atomic E-state index is -3.32. The number of hydrogen-bond acceptors (Lipinski definition) is 4. The van der Waals surface area contributed by atoms with Crippen LogP contribution in [0.1, 0.15) is 29.5 Å². The lowest BCUT2D eigenvalue weighted by atomic mass is 9.92. The molecule has 0 radical (unpaired) electrons. The maximum absolute atomic E-state index is 12.6. The Morgan fingerprint density at radius 2 is 1.90 bits per heavy atom. The normalized spacial score (nSPS) is 19.6. The Kier molecular flexibility index (Phi) is 6.04. The third kappa shape index (κ3) is 3.54.